The van der Waals surface area contributed by atoms with Crippen LogP contribution >= 0.6 is 15.9 Å². The lowest BCUT2D eigenvalue weighted by molar-refractivity contribution is -0.112. The van der Waals surface area contributed by atoms with Gasteiger partial charge >= 0.3 is 0 Å². The summed E-state index contributed by atoms with van der Waals surface area (Å²) in [7, 11) is 0. The van der Waals surface area contributed by atoms with E-state index in [0.29, 0.717) is 0 Å². The summed E-state index contributed by atoms with van der Waals surface area (Å²) in [5.74, 6) is 0. The first-order valence-corrected chi connectivity index (χ1v) is 7.93. The molecule has 0 aliphatic carbocycles. The van der Waals surface area contributed by atoms with Crippen LogP contribution in [0.25, 0.3) is 0 Å². The maximum Gasteiger partial charge on any atom is 0.176 e. The van der Waals surface area contributed by atoms with Crippen LogP contribution in [0.4, 0.5) is 0 Å². The molecule has 0 spiro atoms. The summed E-state index contributed by atoms with van der Waals surface area (Å²) in [4.78, 5) is 0. The molecule has 0 radical (unpaired) electrons. The van der Waals surface area contributed by atoms with Gasteiger partial charge in [0, 0.05) is 5.33 Å². The van der Waals surface area contributed by atoms with Crippen molar-refractivity contribution in [1.29, 1.82) is 0 Å². The van der Waals surface area contributed by atoms with Gasteiger partial charge in [0.1, 0.15) is 0 Å². The number of alkyl halides is 1. The standard InChI is InChI=1S/C14H27BrO2/c1-3-5-12-16-14(17-13-6-4-2)10-8-7-9-11-15/h8,10,14H,3-7,9,11-13H2,1-2H3/b10-8+. The van der Waals surface area contributed by atoms with Gasteiger partial charge in [0.05, 0.1) is 13.2 Å². The smallest absolute Gasteiger partial charge is 0.176 e. The molecule has 0 aliphatic rings. The normalized spacial score (nSPS) is 11.8. The zero-order chi connectivity index (χ0) is 12.8. The van der Waals surface area contributed by atoms with Crippen molar-refractivity contribution in [2.24, 2.45) is 0 Å². The molecule has 0 rings (SSSR count). The predicted octanol–water partition coefficient (Wildman–Crippen LogP) is 4.68. The van der Waals surface area contributed by atoms with Crippen molar-refractivity contribution in [3.8, 4) is 0 Å². The highest BCUT2D eigenvalue weighted by atomic mass is 79.9. The average molecular weight is 307 g/mol. The molecule has 0 aromatic rings. The molecule has 17 heavy (non-hydrogen) atoms. The first-order chi connectivity index (χ1) is 8.35. The van der Waals surface area contributed by atoms with Crippen LogP contribution in [0.5, 0.6) is 0 Å². The zero-order valence-electron chi connectivity index (χ0n) is 11.3. The summed E-state index contributed by atoms with van der Waals surface area (Å²) < 4.78 is 11.4. The Kier molecular flexibility index (Phi) is 14.3. The molecular formula is C14H27BrO2. The second-order valence-electron chi connectivity index (χ2n) is 4.08. The third-order valence-corrected chi connectivity index (χ3v) is 2.92. The van der Waals surface area contributed by atoms with Crippen molar-refractivity contribution in [3.05, 3.63) is 12.2 Å². The van der Waals surface area contributed by atoms with Crippen molar-refractivity contribution >= 4 is 15.9 Å². The van der Waals surface area contributed by atoms with E-state index in [1.54, 1.807) is 0 Å². The highest BCUT2D eigenvalue weighted by Gasteiger charge is 2.03. The third kappa shape index (κ3) is 12.4. The van der Waals surface area contributed by atoms with Crippen LogP contribution < -0.4 is 0 Å². The van der Waals surface area contributed by atoms with E-state index < -0.39 is 0 Å². The number of hydrogen-bond donors (Lipinski definition) is 0. The van der Waals surface area contributed by atoms with Crippen LogP contribution in [0.2, 0.25) is 0 Å². The molecule has 0 saturated carbocycles. The molecule has 0 fully saturated rings. The second-order valence-corrected chi connectivity index (χ2v) is 4.87. The van der Waals surface area contributed by atoms with Gasteiger partial charge in [-0.3, -0.25) is 0 Å². The molecule has 0 saturated heterocycles. The number of hydrogen-bond acceptors (Lipinski definition) is 2. The molecule has 0 amide bonds. The minimum Gasteiger partial charge on any atom is -0.349 e. The Morgan fingerprint density at radius 1 is 1.00 bits per heavy atom. The largest absolute Gasteiger partial charge is 0.349 e. The molecule has 0 bridgehead atoms. The van der Waals surface area contributed by atoms with Crippen molar-refractivity contribution in [3.63, 3.8) is 0 Å². The fourth-order valence-corrected chi connectivity index (χ4v) is 1.57. The first kappa shape index (κ1) is 17.1. The van der Waals surface area contributed by atoms with E-state index in [1.807, 2.05) is 6.08 Å². The summed E-state index contributed by atoms with van der Waals surface area (Å²) in [5, 5.41) is 1.05. The number of ether oxygens (including phenoxy) is 2. The minimum absolute atomic E-state index is 0.150. The summed E-state index contributed by atoms with van der Waals surface area (Å²) in [6, 6.07) is 0. The molecule has 102 valence electrons. The van der Waals surface area contributed by atoms with Gasteiger partial charge in [0.15, 0.2) is 6.29 Å². The van der Waals surface area contributed by atoms with E-state index in [2.05, 4.69) is 35.9 Å². The SMILES string of the molecule is CCCCOC(/C=C/CCCBr)OCCCC. The summed E-state index contributed by atoms with van der Waals surface area (Å²) in [5.41, 5.74) is 0. The van der Waals surface area contributed by atoms with Gasteiger partial charge < -0.3 is 9.47 Å². The molecule has 0 N–H and O–H groups in total. The van der Waals surface area contributed by atoms with Gasteiger partial charge in [-0.1, -0.05) is 48.7 Å². The lowest BCUT2D eigenvalue weighted by atomic mass is 10.3. The van der Waals surface area contributed by atoms with Gasteiger partial charge in [-0.15, -0.1) is 0 Å². The summed E-state index contributed by atoms with van der Waals surface area (Å²) >= 11 is 3.42. The molecule has 0 aromatic carbocycles. The van der Waals surface area contributed by atoms with Gasteiger partial charge in [-0.05, 0) is 31.8 Å². The fraction of sp³-hybridized carbons (Fsp3) is 0.857. The molecule has 2 nitrogen and oxygen atoms in total. The lowest BCUT2D eigenvalue weighted by Gasteiger charge is -2.14. The average Bonchev–Trinajstić information content (AvgIpc) is 2.34. The van der Waals surface area contributed by atoms with E-state index >= 15 is 0 Å². The Bertz CT molecular complexity index is 162. The molecule has 0 aliphatic heterocycles. The number of halogens is 1. The van der Waals surface area contributed by atoms with Crippen molar-refractivity contribution in [2.45, 2.75) is 58.7 Å². The highest BCUT2D eigenvalue weighted by molar-refractivity contribution is 9.09. The van der Waals surface area contributed by atoms with Crippen LogP contribution in [0.1, 0.15) is 52.4 Å². The van der Waals surface area contributed by atoms with Crippen LogP contribution in [0.3, 0.4) is 0 Å². The van der Waals surface area contributed by atoms with Crippen LogP contribution in [0.15, 0.2) is 12.2 Å². The van der Waals surface area contributed by atoms with Crippen molar-refractivity contribution < 1.29 is 9.47 Å². The first-order valence-electron chi connectivity index (χ1n) is 6.81. The second kappa shape index (κ2) is 14.2. The third-order valence-electron chi connectivity index (χ3n) is 2.36. The van der Waals surface area contributed by atoms with E-state index in [4.69, 9.17) is 9.47 Å². The highest BCUT2D eigenvalue weighted by Crippen LogP contribution is 2.04. The Morgan fingerprint density at radius 3 is 2.06 bits per heavy atom. The van der Waals surface area contributed by atoms with Gasteiger partial charge in [0.25, 0.3) is 0 Å². The van der Waals surface area contributed by atoms with Crippen molar-refractivity contribution in [2.75, 3.05) is 18.5 Å². The monoisotopic (exact) mass is 306 g/mol. The number of allylic oxidation sites excluding steroid dienone is 1. The number of rotatable bonds is 12. The minimum atomic E-state index is -0.150. The summed E-state index contributed by atoms with van der Waals surface area (Å²) in [6.07, 6.45) is 10.8. The van der Waals surface area contributed by atoms with Gasteiger partial charge in [-0.25, -0.2) is 0 Å². The Morgan fingerprint density at radius 2 is 1.59 bits per heavy atom. The molecule has 3 heteroatoms. The molecule has 0 atom stereocenters. The molecule has 0 heterocycles. The maximum absolute atomic E-state index is 5.69. The van der Waals surface area contributed by atoms with E-state index in [9.17, 15) is 0 Å². The van der Waals surface area contributed by atoms with Crippen LogP contribution in [-0.2, 0) is 9.47 Å². The van der Waals surface area contributed by atoms with Crippen molar-refractivity contribution in [1.82, 2.24) is 0 Å². The zero-order valence-corrected chi connectivity index (χ0v) is 12.9. The Hall–Kier alpha value is 0.140. The Balaban J connectivity index is 3.78. The quantitative estimate of drug-likeness (QED) is 0.226. The van der Waals surface area contributed by atoms with Gasteiger partial charge in [-0.2, -0.15) is 0 Å². The fourth-order valence-electron chi connectivity index (χ4n) is 1.25. The van der Waals surface area contributed by atoms with Crippen LogP contribution in [-0.4, -0.2) is 24.8 Å². The molecule has 0 aromatic heterocycles. The Labute approximate surface area is 115 Å². The predicted molar refractivity (Wildman–Crippen MR) is 77.7 cm³/mol. The van der Waals surface area contributed by atoms with Crippen LogP contribution in [0, 0.1) is 0 Å². The number of unbranched alkanes of at least 4 members (excludes halogenated alkanes) is 3. The maximum atomic E-state index is 5.69. The van der Waals surface area contributed by atoms with Gasteiger partial charge in [0.2, 0.25) is 0 Å². The lowest BCUT2D eigenvalue weighted by Crippen LogP contribution is -2.16. The topological polar surface area (TPSA) is 18.5 Å². The summed E-state index contributed by atoms with van der Waals surface area (Å²) in [6.45, 7) is 5.91. The molecular weight excluding hydrogens is 280 g/mol. The van der Waals surface area contributed by atoms with E-state index in [0.717, 1.165) is 57.1 Å². The van der Waals surface area contributed by atoms with E-state index in [1.165, 1.54) is 0 Å². The molecule has 0 unspecified atom stereocenters. The van der Waals surface area contributed by atoms with E-state index in [-0.39, 0.29) is 6.29 Å².